The molecule has 178 valence electrons. The molecule has 36 heavy (non-hydrogen) atoms. The van der Waals surface area contributed by atoms with E-state index in [4.69, 9.17) is 9.73 Å². The molecule has 1 aliphatic heterocycles. The zero-order chi connectivity index (χ0) is 24.3. The summed E-state index contributed by atoms with van der Waals surface area (Å²) in [6, 6.07) is 34.0. The van der Waals surface area contributed by atoms with Gasteiger partial charge in [0, 0.05) is 17.8 Å². The van der Waals surface area contributed by atoms with Gasteiger partial charge in [0.1, 0.15) is 12.4 Å². The fraction of sp³-hybridized carbons (Fsp3) is 0.182. The zero-order valence-corrected chi connectivity index (χ0v) is 20.5. The van der Waals surface area contributed by atoms with Crippen molar-refractivity contribution in [2.24, 2.45) is 10.9 Å². The second-order valence-electron chi connectivity index (χ2n) is 9.76. The largest absolute Gasteiger partial charge is 0.489 e. The van der Waals surface area contributed by atoms with E-state index in [1.165, 1.54) is 22.4 Å². The van der Waals surface area contributed by atoms with E-state index >= 15 is 0 Å². The molecule has 0 fully saturated rings. The summed E-state index contributed by atoms with van der Waals surface area (Å²) >= 11 is 0. The number of aliphatic imine (C=N–C) groups is 1. The lowest BCUT2D eigenvalue weighted by molar-refractivity contribution is 0.306. The first kappa shape index (κ1) is 22.4. The minimum absolute atomic E-state index is 0.307. The SMILES string of the molecule is Cc1ccc2c(c1)[C@@H]1C=CC[C@@H]1[C@@H](c1ccc(N=Cc3ccc(OCc4ccccc4)cc3)cc1)N2. The Morgan fingerprint density at radius 3 is 2.53 bits per heavy atom. The fourth-order valence-electron chi connectivity index (χ4n) is 5.35. The van der Waals surface area contributed by atoms with Gasteiger partial charge in [0.05, 0.1) is 11.7 Å². The van der Waals surface area contributed by atoms with Gasteiger partial charge in [0.2, 0.25) is 0 Å². The highest BCUT2D eigenvalue weighted by atomic mass is 16.5. The average molecular weight is 471 g/mol. The minimum atomic E-state index is 0.307. The molecule has 0 radical (unpaired) electrons. The summed E-state index contributed by atoms with van der Waals surface area (Å²) in [5.74, 6) is 1.90. The predicted octanol–water partition coefficient (Wildman–Crippen LogP) is 8.15. The van der Waals surface area contributed by atoms with Crippen LogP contribution in [-0.2, 0) is 6.61 Å². The van der Waals surface area contributed by atoms with E-state index in [9.17, 15) is 0 Å². The van der Waals surface area contributed by atoms with E-state index in [1.807, 2.05) is 48.7 Å². The van der Waals surface area contributed by atoms with Gasteiger partial charge in [-0.25, -0.2) is 0 Å². The number of allylic oxidation sites excluding steroid dienone is 2. The fourth-order valence-corrected chi connectivity index (χ4v) is 5.35. The van der Waals surface area contributed by atoms with Crippen molar-refractivity contribution >= 4 is 17.6 Å². The lowest BCUT2D eigenvalue weighted by Crippen LogP contribution is -2.29. The van der Waals surface area contributed by atoms with Crippen LogP contribution in [0.3, 0.4) is 0 Å². The van der Waals surface area contributed by atoms with Crippen LogP contribution in [0.5, 0.6) is 5.75 Å². The second kappa shape index (κ2) is 9.87. The third kappa shape index (κ3) is 4.70. The van der Waals surface area contributed by atoms with E-state index in [-0.39, 0.29) is 0 Å². The quantitative estimate of drug-likeness (QED) is 0.228. The highest BCUT2D eigenvalue weighted by Crippen LogP contribution is 2.50. The summed E-state index contributed by atoms with van der Waals surface area (Å²) in [7, 11) is 0. The summed E-state index contributed by atoms with van der Waals surface area (Å²) in [6.45, 7) is 2.74. The molecule has 0 spiro atoms. The molecule has 2 aliphatic rings. The lowest BCUT2D eigenvalue weighted by Gasteiger charge is -2.37. The van der Waals surface area contributed by atoms with Gasteiger partial charge < -0.3 is 10.1 Å². The average Bonchev–Trinajstić information content (AvgIpc) is 3.43. The smallest absolute Gasteiger partial charge is 0.119 e. The molecule has 0 bridgehead atoms. The van der Waals surface area contributed by atoms with E-state index in [1.54, 1.807) is 0 Å². The van der Waals surface area contributed by atoms with Crippen molar-refractivity contribution < 1.29 is 4.74 Å². The van der Waals surface area contributed by atoms with Crippen LogP contribution in [0.4, 0.5) is 11.4 Å². The maximum Gasteiger partial charge on any atom is 0.119 e. The van der Waals surface area contributed by atoms with Crippen LogP contribution in [0.1, 0.15) is 46.2 Å². The second-order valence-corrected chi connectivity index (χ2v) is 9.76. The maximum atomic E-state index is 5.88. The number of hydrogen-bond donors (Lipinski definition) is 1. The Bertz CT molecular complexity index is 1390. The number of nitrogens with one attached hydrogen (secondary N) is 1. The van der Waals surface area contributed by atoms with Crippen molar-refractivity contribution in [3.63, 3.8) is 0 Å². The molecule has 3 nitrogen and oxygen atoms in total. The first-order chi connectivity index (χ1) is 17.7. The summed E-state index contributed by atoms with van der Waals surface area (Å²) in [5, 5.41) is 3.82. The predicted molar refractivity (Wildman–Crippen MR) is 148 cm³/mol. The number of fused-ring (bicyclic) bond motifs is 3. The van der Waals surface area contributed by atoms with Crippen LogP contribution >= 0.6 is 0 Å². The van der Waals surface area contributed by atoms with E-state index in [0.29, 0.717) is 24.5 Å². The summed E-state index contributed by atoms with van der Waals surface area (Å²) in [4.78, 5) is 4.70. The Balaban J connectivity index is 1.11. The Morgan fingerprint density at radius 2 is 1.72 bits per heavy atom. The number of aryl methyl sites for hydroxylation is 1. The Morgan fingerprint density at radius 1 is 0.917 bits per heavy atom. The van der Waals surface area contributed by atoms with Crippen molar-refractivity contribution in [3.8, 4) is 5.75 Å². The number of ether oxygens (including phenoxy) is 1. The third-order valence-corrected chi connectivity index (χ3v) is 7.26. The number of hydrogen-bond acceptors (Lipinski definition) is 3. The van der Waals surface area contributed by atoms with Crippen LogP contribution in [0.2, 0.25) is 0 Å². The van der Waals surface area contributed by atoms with Crippen LogP contribution in [0.25, 0.3) is 0 Å². The van der Waals surface area contributed by atoms with E-state index in [2.05, 4.69) is 79.0 Å². The molecule has 1 aliphatic carbocycles. The highest BCUT2D eigenvalue weighted by molar-refractivity contribution is 5.82. The van der Waals surface area contributed by atoms with Crippen molar-refractivity contribution in [1.29, 1.82) is 0 Å². The van der Waals surface area contributed by atoms with Crippen molar-refractivity contribution in [2.45, 2.75) is 31.9 Å². The molecule has 0 saturated heterocycles. The van der Waals surface area contributed by atoms with Gasteiger partial charge in [-0.15, -0.1) is 0 Å². The third-order valence-electron chi connectivity index (χ3n) is 7.26. The minimum Gasteiger partial charge on any atom is -0.489 e. The first-order valence-electron chi connectivity index (χ1n) is 12.7. The molecule has 0 amide bonds. The van der Waals surface area contributed by atoms with Gasteiger partial charge in [-0.1, -0.05) is 72.3 Å². The molecular formula is C33H30N2O. The van der Waals surface area contributed by atoms with Gasteiger partial charge >= 0.3 is 0 Å². The van der Waals surface area contributed by atoms with Crippen LogP contribution in [-0.4, -0.2) is 6.21 Å². The maximum absolute atomic E-state index is 5.88. The van der Waals surface area contributed by atoms with Gasteiger partial charge in [-0.05, 0) is 84.0 Å². The summed E-state index contributed by atoms with van der Waals surface area (Å²) < 4.78 is 5.88. The molecule has 3 heteroatoms. The molecule has 1 heterocycles. The van der Waals surface area contributed by atoms with Gasteiger partial charge in [0.25, 0.3) is 0 Å². The zero-order valence-electron chi connectivity index (χ0n) is 20.5. The summed E-state index contributed by atoms with van der Waals surface area (Å²) in [5.41, 5.74) is 8.50. The molecule has 3 atom stereocenters. The van der Waals surface area contributed by atoms with Crippen molar-refractivity contribution in [1.82, 2.24) is 0 Å². The number of nitrogens with zero attached hydrogens (tertiary/aromatic N) is 1. The number of benzene rings is 4. The van der Waals surface area contributed by atoms with E-state index in [0.717, 1.165) is 29.0 Å². The molecule has 1 N–H and O–H groups in total. The Labute approximate surface area is 213 Å². The Hall–Kier alpha value is -4.11. The van der Waals surface area contributed by atoms with Gasteiger partial charge in [0.15, 0.2) is 0 Å². The van der Waals surface area contributed by atoms with Crippen LogP contribution in [0.15, 0.2) is 114 Å². The molecule has 6 rings (SSSR count). The first-order valence-corrected chi connectivity index (χ1v) is 12.7. The lowest BCUT2D eigenvalue weighted by atomic mass is 9.76. The van der Waals surface area contributed by atoms with Crippen LogP contribution in [0, 0.1) is 12.8 Å². The highest BCUT2D eigenvalue weighted by Gasteiger charge is 2.37. The molecule has 0 saturated carbocycles. The number of rotatable bonds is 6. The molecule has 0 unspecified atom stereocenters. The monoisotopic (exact) mass is 470 g/mol. The molecule has 4 aromatic rings. The standard InChI is InChI=1S/C33H30N2O/c1-23-10-19-32-31(20-23)29-8-5-9-30(29)33(35-32)26-13-15-27(16-14-26)34-21-24-11-17-28(18-12-24)36-22-25-6-3-2-4-7-25/h2-8,10-21,29-30,33,35H,9,22H2,1H3/t29-,30+,33-/m1/s1. The van der Waals surface area contributed by atoms with E-state index < -0.39 is 0 Å². The molecule has 0 aromatic heterocycles. The van der Waals surface area contributed by atoms with Crippen molar-refractivity contribution in [2.75, 3.05) is 5.32 Å². The topological polar surface area (TPSA) is 33.6 Å². The Kier molecular flexibility index (Phi) is 6.13. The number of anilines is 1. The van der Waals surface area contributed by atoms with Crippen molar-refractivity contribution in [3.05, 3.63) is 137 Å². The normalized spacial score (nSPS) is 20.1. The molecular weight excluding hydrogens is 440 g/mol. The molecule has 4 aromatic carbocycles. The summed E-state index contributed by atoms with van der Waals surface area (Å²) in [6.07, 6.45) is 7.76. The van der Waals surface area contributed by atoms with Crippen LogP contribution < -0.4 is 10.1 Å². The van der Waals surface area contributed by atoms with Gasteiger partial charge in [-0.2, -0.15) is 0 Å². The van der Waals surface area contributed by atoms with Gasteiger partial charge in [-0.3, -0.25) is 4.99 Å².